The third-order valence-corrected chi connectivity index (χ3v) is 3.82. The molecule has 1 aliphatic heterocycles. The fourth-order valence-electron chi connectivity index (χ4n) is 2.63. The van der Waals surface area contributed by atoms with Crippen molar-refractivity contribution in [2.24, 2.45) is 0 Å². The number of nitrogens with zero attached hydrogens (tertiary/aromatic N) is 4. The monoisotopic (exact) mass is 290 g/mol. The van der Waals surface area contributed by atoms with Crippen molar-refractivity contribution in [3.63, 3.8) is 0 Å². The second-order valence-electron chi connectivity index (χ2n) is 5.47. The zero-order valence-corrected chi connectivity index (χ0v) is 12.3. The number of aromatic nitrogens is 3. The lowest BCUT2D eigenvalue weighted by Gasteiger charge is -2.12. The van der Waals surface area contributed by atoms with Crippen molar-refractivity contribution in [2.75, 3.05) is 19.0 Å². The average molecular weight is 290 g/mol. The zero-order chi connectivity index (χ0) is 15.3. The van der Waals surface area contributed by atoms with Crippen LogP contribution in [0.1, 0.15) is 10.4 Å². The first-order valence-corrected chi connectivity index (χ1v) is 7.04. The molecule has 0 saturated heterocycles. The minimum atomic E-state index is -0.122. The summed E-state index contributed by atoms with van der Waals surface area (Å²) in [6, 6.07) is 15.5. The van der Waals surface area contributed by atoms with Crippen LogP contribution in [0.4, 0.5) is 5.69 Å². The predicted octanol–water partition coefficient (Wildman–Crippen LogP) is 2.68. The second kappa shape index (κ2) is 4.53. The molecule has 4 rings (SSSR count). The van der Waals surface area contributed by atoms with Gasteiger partial charge in [0.25, 0.3) is 5.91 Å². The summed E-state index contributed by atoms with van der Waals surface area (Å²) < 4.78 is 1.40. The summed E-state index contributed by atoms with van der Waals surface area (Å²) in [6.07, 6.45) is 0. The van der Waals surface area contributed by atoms with Gasteiger partial charge in [0.05, 0.1) is 5.56 Å². The molecule has 2 heterocycles. The van der Waals surface area contributed by atoms with E-state index in [1.165, 1.54) is 4.68 Å². The van der Waals surface area contributed by atoms with E-state index in [9.17, 15) is 4.79 Å². The van der Waals surface area contributed by atoms with Crippen molar-refractivity contribution in [3.8, 4) is 22.8 Å². The number of benzene rings is 2. The van der Waals surface area contributed by atoms with E-state index in [2.05, 4.69) is 10.1 Å². The number of anilines is 1. The van der Waals surface area contributed by atoms with Gasteiger partial charge in [-0.05, 0) is 18.2 Å². The number of fused-ring (bicyclic) bond motifs is 3. The second-order valence-corrected chi connectivity index (χ2v) is 5.47. The van der Waals surface area contributed by atoms with Gasteiger partial charge in [0.1, 0.15) is 0 Å². The van der Waals surface area contributed by atoms with Gasteiger partial charge in [0, 0.05) is 30.9 Å². The summed E-state index contributed by atoms with van der Waals surface area (Å²) in [5.41, 5.74) is 3.39. The molecule has 0 spiro atoms. The van der Waals surface area contributed by atoms with Crippen LogP contribution in [0.25, 0.3) is 22.8 Å². The Labute approximate surface area is 127 Å². The van der Waals surface area contributed by atoms with Crippen molar-refractivity contribution in [1.82, 2.24) is 14.8 Å². The largest absolute Gasteiger partial charge is 0.378 e. The highest BCUT2D eigenvalue weighted by molar-refractivity contribution is 6.08. The smallest absolute Gasteiger partial charge is 0.281 e. The van der Waals surface area contributed by atoms with E-state index in [1.807, 2.05) is 67.5 Å². The minimum absolute atomic E-state index is 0.122. The van der Waals surface area contributed by atoms with Gasteiger partial charge in [0.15, 0.2) is 11.6 Å². The summed E-state index contributed by atoms with van der Waals surface area (Å²) in [5.74, 6) is 1.07. The van der Waals surface area contributed by atoms with E-state index in [4.69, 9.17) is 0 Å². The maximum atomic E-state index is 12.5. The molecule has 0 saturated carbocycles. The topological polar surface area (TPSA) is 51.0 Å². The van der Waals surface area contributed by atoms with Crippen LogP contribution in [0.15, 0.2) is 48.5 Å². The normalized spacial score (nSPS) is 12.2. The Balaban J connectivity index is 1.85. The lowest BCUT2D eigenvalue weighted by Crippen LogP contribution is -2.11. The van der Waals surface area contributed by atoms with Gasteiger partial charge in [-0.3, -0.25) is 4.79 Å². The Hall–Kier alpha value is -2.95. The molecule has 0 bridgehead atoms. The minimum Gasteiger partial charge on any atom is -0.378 e. The maximum Gasteiger partial charge on any atom is 0.281 e. The highest BCUT2D eigenvalue weighted by Gasteiger charge is 2.30. The molecule has 0 amide bonds. The van der Waals surface area contributed by atoms with Crippen molar-refractivity contribution in [2.45, 2.75) is 0 Å². The molecule has 0 radical (unpaired) electrons. The van der Waals surface area contributed by atoms with Gasteiger partial charge in [-0.25, -0.2) is 4.98 Å². The third kappa shape index (κ3) is 1.75. The molecule has 2 aromatic carbocycles. The molecule has 0 fully saturated rings. The molecule has 3 aromatic rings. The molecule has 5 heteroatoms. The van der Waals surface area contributed by atoms with E-state index in [1.54, 1.807) is 0 Å². The summed E-state index contributed by atoms with van der Waals surface area (Å²) >= 11 is 0. The standard InChI is InChI=1S/C17H14N4O/c1-20(2)12-8-9-13-14(10-12)17(22)21-16(13)18-15(19-21)11-6-4-3-5-7-11/h3-10H,1-2H3. The fraction of sp³-hybridized carbons (Fsp3) is 0.118. The van der Waals surface area contributed by atoms with Gasteiger partial charge < -0.3 is 4.90 Å². The molecule has 0 unspecified atom stereocenters. The van der Waals surface area contributed by atoms with Gasteiger partial charge in [-0.2, -0.15) is 4.68 Å². The summed E-state index contributed by atoms with van der Waals surface area (Å²) in [5, 5.41) is 4.37. The van der Waals surface area contributed by atoms with Gasteiger partial charge in [0.2, 0.25) is 0 Å². The molecular weight excluding hydrogens is 276 g/mol. The van der Waals surface area contributed by atoms with Crippen LogP contribution in [0, 0.1) is 0 Å². The third-order valence-electron chi connectivity index (χ3n) is 3.82. The van der Waals surface area contributed by atoms with E-state index < -0.39 is 0 Å². The fourth-order valence-corrected chi connectivity index (χ4v) is 2.63. The lowest BCUT2D eigenvalue weighted by atomic mass is 10.1. The molecule has 0 aliphatic carbocycles. The quantitative estimate of drug-likeness (QED) is 0.569. The zero-order valence-electron chi connectivity index (χ0n) is 12.3. The molecular formula is C17H14N4O. The predicted molar refractivity (Wildman–Crippen MR) is 84.9 cm³/mol. The summed E-state index contributed by atoms with van der Waals surface area (Å²) in [7, 11) is 3.90. The number of hydrogen-bond donors (Lipinski definition) is 0. The van der Waals surface area contributed by atoms with E-state index in [0.29, 0.717) is 17.2 Å². The van der Waals surface area contributed by atoms with E-state index >= 15 is 0 Å². The lowest BCUT2D eigenvalue weighted by molar-refractivity contribution is 0.0955. The molecule has 22 heavy (non-hydrogen) atoms. The highest BCUT2D eigenvalue weighted by atomic mass is 16.2. The van der Waals surface area contributed by atoms with Gasteiger partial charge in [-0.1, -0.05) is 30.3 Å². The first-order chi connectivity index (χ1) is 10.6. The number of carbonyl (C=O) groups excluding carboxylic acids is 1. The summed E-state index contributed by atoms with van der Waals surface area (Å²) in [6.45, 7) is 0. The summed E-state index contributed by atoms with van der Waals surface area (Å²) in [4.78, 5) is 19.1. The van der Waals surface area contributed by atoms with Crippen LogP contribution in [0.2, 0.25) is 0 Å². The van der Waals surface area contributed by atoms with Gasteiger partial charge in [-0.15, -0.1) is 5.10 Å². The first-order valence-electron chi connectivity index (χ1n) is 7.04. The van der Waals surface area contributed by atoms with Crippen LogP contribution in [-0.4, -0.2) is 34.8 Å². The Bertz CT molecular complexity index is 881. The van der Waals surface area contributed by atoms with Crippen molar-refractivity contribution >= 4 is 11.6 Å². The van der Waals surface area contributed by atoms with Crippen molar-refractivity contribution in [3.05, 3.63) is 54.1 Å². The van der Waals surface area contributed by atoms with Gasteiger partial charge >= 0.3 is 0 Å². The molecule has 1 aliphatic rings. The maximum absolute atomic E-state index is 12.5. The Morgan fingerprint density at radius 2 is 1.77 bits per heavy atom. The molecule has 5 nitrogen and oxygen atoms in total. The van der Waals surface area contributed by atoms with Crippen molar-refractivity contribution < 1.29 is 4.79 Å². The Morgan fingerprint density at radius 1 is 1.00 bits per heavy atom. The van der Waals surface area contributed by atoms with Crippen LogP contribution in [0.5, 0.6) is 0 Å². The SMILES string of the molecule is CN(C)c1ccc2c(c1)C(=O)n1nc(-c3ccccc3)nc1-2. The molecule has 0 N–H and O–H groups in total. The Morgan fingerprint density at radius 3 is 2.50 bits per heavy atom. The van der Waals surface area contributed by atoms with Crippen LogP contribution in [-0.2, 0) is 0 Å². The van der Waals surface area contributed by atoms with E-state index in [0.717, 1.165) is 16.8 Å². The highest BCUT2D eigenvalue weighted by Crippen LogP contribution is 2.34. The first kappa shape index (κ1) is 12.8. The van der Waals surface area contributed by atoms with Crippen LogP contribution < -0.4 is 4.90 Å². The average Bonchev–Trinajstić information content (AvgIpc) is 3.08. The van der Waals surface area contributed by atoms with Crippen LogP contribution >= 0.6 is 0 Å². The number of rotatable bonds is 2. The van der Waals surface area contributed by atoms with Crippen molar-refractivity contribution in [1.29, 1.82) is 0 Å². The van der Waals surface area contributed by atoms with Crippen LogP contribution in [0.3, 0.4) is 0 Å². The number of carbonyl (C=O) groups is 1. The number of hydrogen-bond acceptors (Lipinski definition) is 4. The molecule has 0 atom stereocenters. The van der Waals surface area contributed by atoms with E-state index in [-0.39, 0.29) is 5.91 Å². The molecule has 1 aromatic heterocycles. The Kier molecular flexibility index (Phi) is 2.63. The molecule has 108 valence electrons.